The Kier molecular flexibility index (Phi) is 4.44. The number of carbonyl (C=O) groups excluding carboxylic acids is 1. The number of halogens is 1. The molecule has 0 saturated heterocycles. The van der Waals surface area contributed by atoms with Crippen LogP contribution < -0.4 is 5.32 Å². The van der Waals surface area contributed by atoms with Crippen molar-refractivity contribution in [2.24, 2.45) is 0 Å². The van der Waals surface area contributed by atoms with Gasteiger partial charge in [0, 0.05) is 5.56 Å². The van der Waals surface area contributed by atoms with Crippen LogP contribution in [0.1, 0.15) is 23.0 Å². The number of hydrogen-bond donors (Lipinski definition) is 2. The molecule has 1 amide bonds. The molecule has 2 aromatic carbocycles. The van der Waals surface area contributed by atoms with Gasteiger partial charge in [0.25, 0.3) is 5.91 Å². The molecule has 0 aliphatic rings. The minimum Gasteiger partial charge on any atom is -0.318 e. The van der Waals surface area contributed by atoms with Crippen molar-refractivity contribution in [2.45, 2.75) is 13.3 Å². The molecular formula is C18H16ClN3O. The molecule has 1 aromatic heterocycles. The van der Waals surface area contributed by atoms with Crippen LogP contribution in [0.5, 0.6) is 0 Å². The second kappa shape index (κ2) is 6.67. The lowest BCUT2D eigenvalue weighted by Gasteiger charge is -2.09. The van der Waals surface area contributed by atoms with Gasteiger partial charge in [-0.25, -0.2) is 0 Å². The van der Waals surface area contributed by atoms with Gasteiger partial charge < -0.3 is 5.32 Å². The molecule has 4 nitrogen and oxygen atoms in total. The van der Waals surface area contributed by atoms with E-state index in [1.165, 1.54) is 0 Å². The van der Waals surface area contributed by atoms with Crippen LogP contribution in [0, 0.1) is 0 Å². The lowest BCUT2D eigenvalue weighted by molar-refractivity contribution is 0.102. The Morgan fingerprint density at radius 3 is 2.52 bits per heavy atom. The van der Waals surface area contributed by atoms with Crippen molar-refractivity contribution in [2.75, 3.05) is 5.32 Å². The second-order valence-electron chi connectivity index (χ2n) is 5.08. The van der Waals surface area contributed by atoms with Crippen LogP contribution in [0.2, 0.25) is 5.02 Å². The normalized spacial score (nSPS) is 10.5. The maximum atomic E-state index is 12.5. The number of hydrogen-bond acceptors (Lipinski definition) is 2. The molecule has 0 saturated carbocycles. The van der Waals surface area contributed by atoms with Crippen LogP contribution in [0.25, 0.3) is 11.3 Å². The largest absolute Gasteiger partial charge is 0.318 e. The van der Waals surface area contributed by atoms with Crippen LogP contribution in [0.15, 0.2) is 54.6 Å². The lowest BCUT2D eigenvalue weighted by Crippen LogP contribution is -2.13. The SMILES string of the molecule is CCc1[nH]nc(-c2ccccc2)c1NC(=O)c1ccccc1Cl. The van der Waals surface area contributed by atoms with Gasteiger partial charge in [-0.3, -0.25) is 9.89 Å². The highest BCUT2D eigenvalue weighted by Gasteiger charge is 2.18. The predicted molar refractivity (Wildman–Crippen MR) is 92.8 cm³/mol. The number of rotatable bonds is 4. The Labute approximate surface area is 139 Å². The number of nitrogens with zero attached hydrogens (tertiary/aromatic N) is 1. The van der Waals surface area contributed by atoms with Crippen molar-refractivity contribution < 1.29 is 4.79 Å². The summed E-state index contributed by atoms with van der Waals surface area (Å²) in [4.78, 5) is 12.5. The Morgan fingerprint density at radius 2 is 1.83 bits per heavy atom. The summed E-state index contributed by atoms with van der Waals surface area (Å²) in [7, 11) is 0. The Bertz CT molecular complexity index is 827. The Morgan fingerprint density at radius 1 is 1.13 bits per heavy atom. The standard InChI is InChI=1S/C18H16ClN3O/c1-2-15-17(16(22-21-15)12-8-4-3-5-9-12)20-18(23)13-10-6-7-11-14(13)19/h3-11H,2H2,1H3,(H,20,23)(H,21,22). The predicted octanol–water partition coefficient (Wildman–Crippen LogP) is 4.54. The maximum absolute atomic E-state index is 12.5. The zero-order chi connectivity index (χ0) is 16.2. The summed E-state index contributed by atoms with van der Waals surface area (Å²) in [6.45, 7) is 2.01. The summed E-state index contributed by atoms with van der Waals surface area (Å²) in [5, 5.41) is 10.7. The molecule has 1 heterocycles. The summed E-state index contributed by atoms with van der Waals surface area (Å²) >= 11 is 6.11. The molecule has 5 heteroatoms. The maximum Gasteiger partial charge on any atom is 0.257 e. The molecule has 0 fully saturated rings. The number of aryl methyl sites for hydroxylation is 1. The quantitative estimate of drug-likeness (QED) is 0.739. The smallest absolute Gasteiger partial charge is 0.257 e. The third-order valence-corrected chi connectivity index (χ3v) is 3.93. The molecule has 0 aliphatic heterocycles. The monoisotopic (exact) mass is 325 g/mol. The molecule has 23 heavy (non-hydrogen) atoms. The number of H-pyrrole nitrogens is 1. The average Bonchev–Trinajstić information content (AvgIpc) is 2.98. The fraction of sp³-hybridized carbons (Fsp3) is 0.111. The van der Waals surface area contributed by atoms with E-state index in [0.29, 0.717) is 16.3 Å². The van der Waals surface area contributed by atoms with Gasteiger partial charge in [-0.1, -0.05) is 61.0 Å². The van der Waals surface area contributed by atoms with E-state index >= 15 is 0 Å². The number of aromatic amines is 1. The number of anilines is 1. The first-order valence-electron chi connectivity index (χ1n) is 7.39. The summed E-state index contributed by atoms with van der Waals surface area (Å²) in [6.07, 6.45) is 0.734. The third kappa shape index (κ3) is 3.12. The van der Waals surface area contributed by atoms with E-state index in [1.807, 2.05) is 37.3 Å². The fourth-order valence-corrected chi connectivity index (χ4v) is 2.62. The van der Waals surface area contributed by atoms with E-state index < -0.39 is 0 Å². The number of benzene rings is 2. The molecule has 0 unspecified atom stereocenters. The van der Waals surface area contributed by atoms with E-state index in [4.69, 9.17) is 11.6 Å². The van der Waals surface area contributed by atoms with Gasteiger partial charge in [-0.15, -0.1) is 0 Å². The molecule has 0 atom stereocenters. The molecule has 0 radical (unpaired) electrons. The van der Waals surface area contributed by atoms with E-state index in [-0.39, 0.29) is 5.91 Å². The average molecular weight is 326 g/mol. The zero-order valence-electron chi connectivity index (χ0n) is 12.6. The van der Waals surface area contributed by atoms with Crippen LogP contribution in [0.3, 0.4) is 0 Å². The third-order valence-electron chi connectivity index (χ3n) is 3.60. The molecule has 0 aliphatic carbocycles. The molecule has 3 rings (SSSR count). The van der Waals surface area contributed by atoms with Crippen molar-refractivity contribution in [1.82, 2.24) is 10.2 Å². The van der Waals surface area contributed by atoms with Gasteiger partial charge in [-0.05, 0) is 18.6 Å². The first kappa shape index (κ1) is 15.3. The van der Waals surface area contributed by atoms with E-state index in [9.17, 15) is 4.79 Å². The second-order valence-corrected chi connectivity index (χ2v) is 5.49. The van der Waals surface area contributed by atoms with Gasteiger partial charge in [0.05, 0.1) is 22.0 Å². The molecular weight excluding hydrogens is 310 g/mol. The van der Waals surface area contributed by atoms with E-state index in [2.05, 4.69) is 15.5 Å². The highest BCUT2D eigenvalue weighted by atomic mass is 35.5. The van der Waals surface area contributed by atoms with Crippen molar-refractivity contribution in [3.63, 3.8) is 0 Å². The highest BCUT2D eigenvalue weighted by Crippen LogP contribution is 2.30. The summed E-state index contributed by atoms with van der Waals surface area (Å²) in [6, 6.07) is 16.7. The Balaban J connectivity index is 1.98. The summed E-state index contributed by atoms with van der Waals surface area (Å²) in [5.41, 5.74) is 3.69. The first-order chi connectivity index (χ1) is 11.2. The summed E-state index contributed by atoms with van der Waals surface area (Å²) < 4.78 is 0. The number of amides is 1. The van der Waals surface area contributed by atoms with Gasteiger partial charge in [0.1, 0.15) is 5.69 Å². The number of nitrogens with one attached hydrogen (secondary N) is 2. The van der Waals surface area contributed by atoms with Gasteiger partial charge in [0.15, 0.2) is 0 Å². The number of carbonyl (C=O) groups is 1. The fourth-order valence-electron chi connectivity index (χ4n) is 2.40. The van der Waals surface area contributed by atoms with Gasteiger partial charge >= 0.3 is 0 Å². The zero-order valence-corrected chi connectivity index (χ0v) is 13.4. The van der Waals surface area contributed by atoms with Crippen molar-refractivity contribution in [3.8, 4) is 11.3 Å². The Hall–Kier alpha value is -2.59. The van der Waals surface area contributed by atoms with Crippen molar-refractivity contribution in [1.29, 1.82) is 0 Å². The molecule has 3 aromatic rings. The van der Waals surface area contributed by atoms with Crippen molar-refractivity contribution in [3.05, 3.63) is 70.9 Å². The molecule has 0 bridgehead atoms. The topological polar surface area (TPSA) is 57.8 Å². The summed E-state index contributed by atoms with van der Waals surface area (Å²) in [5.74, 6) is -0.246. The van der Waals surface area contributed by atoms with E-state index in [1.54, 1.807) is 24.3 Å². The molecule has 2 N–H and O–H groups in total. The van der Waals surface area contributed by atoms with Crippen LogP contribution in [-0.2, 0) is 6.42 Å². The lowest BCUT2D eigenvalue weighted by atomic mass is 10.1. The minimum absolute atomic E-state index is 0.246. The van der Waals surface area contributed by atoms with Crippen LogP contribution >= 0.6 is 11.6 Å². The minimum atomic E-state index is -0.246. The first-order valence-corrected chi connectivity index (χ1v) is 7.77. The highest BCUT2D eigenvalue weighted by molar-refractivity contribution is 6.34. The molecule has 116 valence electrons. The number of aromatic nitrogens is 2. The molecule has 0 spiro atoms. The van der Waals surface area contributed by atoms with Gasteiger partial charge in [-0.2, -0.15) is 5.10 Å². The van der Waals surface area contributed by atoms with Gasteiger partial charge in [0.2, 0.25) is 0 Å². The van der Waals surface area contributed by atoms with Crippen molar-refractivity contribution >= 4 is 23.2 Å². The van der Waals surface area contributed by atoms with Crippen LogP contribution in [-0.4, -0.2) is 16.1 Å². The van der Waals surface area contributed by atoms with E-state index in [0.717, 1.165) is 23.4 Å². The van der Waals surface area contributed by atoms with Crippen LogP contribution in [0.4, 0.5) is 5.69 Å².